The normalized spacial score (nSPS) is 12.5. The first kappa shape index (κ1) is 14.7. The number of carbonyl (C=O) groups excluding carboxylic acids is 1. The summed E-state index contributed by atoms with van der Waals surface area (Å²) < 4.78 is 0. The zero-order chi connectivity index (χ0) is 13.5. The molecule has 0 saturated carbocycles. The van der Waals surface area contributed by atoms with Gasteiger partial charge in [0.1, 0.15) is 0 Å². The minimum absolute atomic E-state index is 0.0830. The van der Waals surface area contributed by atoms with Crippen LogP contribution < -0.4 is 5.73 Å². The van der Waals surface area contributed by atoms with Crippen LogP contribution in [0.1, 0.15) is 39.2 Å². The van der Waals surface area contributed by atoms with Crippen molar-refractivity contribution in [1.82, 2.24) is 4.90 Å². The van der Waals surface area contributed by atoms with Crippen LogP contribution in [0.15, 0.2) is 30.3 Å². The van der Waals surface area contributed by atoms with Crippen molar-refractivity contribution in [3.63, 3.8) is 0 Å². The summed E-state index contributed by atoms with van der Waals surface area (Å²) >= 11 is 0. The van der Waals surface area contributed by atoms with E-state index in [2.05, 4.69) is 0 Å². The summed E-state index contributed by atoms with van der Waals surface area (Å²) in [6, 6.07) is 10.4. The molecular formula is C15H24N2O. The molecule has 0 aliphatic carbocycles. The first-order chi connectivity index (χ1) is 8.50. The van der Waals surface area contributed by atoms with Crippen LogP contribution in [-0.4, -0.2) is 22.9 Å². The number of amides is 1. The Bertz CT molecular complexity index is 360. The Labute approximate surface area is 110 Å². The number of benzene rings is 1. The predicted octanol–water partition coefficient (Wildman–Crippen LogP) is 2.55. The second-order valence-corrected chi connectivity index (χ2v) is 5.12. The number of nitrogens with two attached hydrogens (primary N) is 1. The van der Waals surface area contributed by atoms with Crippen LogP contribution in [0.3, 0.4) is 0 Å². The van der Waals surface area contributed by atoms with Crippen molar-refractivity contribution in [2.24, 2.45) is 5.73 Å². The number of carbonyl (C=O) groups is 1. The van der Waals surface area contributed by atoms with Gasteiger partial charge < -0.3 is 10.6 Å². The highest BCUT2D eigenvalue weighted by Crippen LogP contribution is 2.11. The van der Waals surface area contributed by atoms with Crippen LogP contribution in [0.4, 0.5) is 0 Å². The van der Waals surface area contributed by atoms with Crippen molar-refractivity contribution < 1.29 is 4.79 Å². The van der Waals surface area contributed by atoms with Crippen LogP contribution in [0.2, 0.25) is 0 Å². The summed E-state index contributed by atoms with van der Waals surface area (Å²) in [5, 5.41) is 0. The van der Waals surface area contributed by atoms with Gasteiger partial charge in [-0.15, -0.1) is 0 Å². The standard InChI is InChI=1S/C15H24N2O/c1-12(2)17(15(18)10-9-13(3)16)11-14-7-5-4-6-8-14/h4-8,12-13H,9-11,16H2,1-3H3. The molecule has 1 unspecified atom stereocenters. The fourth-order valence-electron chi connectivity index (χ4n) is 1.83. The summed E-state index contributed by atoms with van der Waals surface area (Å²) in [5.41, 5.74) is 6.87. The maximum absolute atomic E-state index is 12.2. The number of hydrogen-bond acceptors (Lipinski definition) is 2. The van der Waals surface area contributed by atoms with Crippen LogP contribution in [0.25, 0.3) is 0 Å². The molecule has 1 atom stereocenters. The van der Waals surface area contributed by atoms with E-state index in [-0.39, 0.29) is 18.0 Å². The zero-order valence-corrected chi connectivity index (χ0v) is 11.6. The number of rotatable bonds is 6. The lowest BCUT2D eigenvalue weighted by molar-refractivity contribution is -0.133. The molecule has 0 fully saturated rings. The topological polar surface area (TPSA) is 46.3 Å². The number of hydrogen-bond donors (Lipinski definition) is 1. The molecule has 1 aromatic rings. The second kappa shape index (κ2) is 7.17. The van der Waals surface area contributed by atoms with E-state index in [1.165, 1.54) is 5.56 Å². The van der Waals surface area contributed by atoms with Crippen molar-refractivity contribution in [1.29, 1.82) is 0 Å². The summed E-state index contributed by atoms with van der Waals surface area (Å²) in [7, 11) is 0. The van der Waals surface area contributed by atoms with E-state index in [0.717, 1.165) is 6.42 Å². The molecular weight excluding hydrogens is 224 g/mol. The highest BCUT2D eigenvalue weighted by molar-refractivity contribution is 5.76. The Morgan fingerprint density at radius 3 is 2.33 bits per heavy atom. The Kier molecular flexibility index (Phi) is 5.86. The predicted molar refractivity (Wildman–Crippen MR) is 75.0 cm³/mol. The number of nitrogens with zero attached hydrogens (tertiary/aromatic N) is 1. The fraction of sp³-hybridized carbons (Fsp3) is 0.533. The highest BCUT2D eigenvalue weighted by Gasteiger charge is 2.17. The Hall–Kier alpha value is -1.35. The van der Waals surface area contributed by atoms with Gasteiger partial charge in [-0.2, -0.15) is 0 Å². The first-order valence-corrected chi connectivity index (χ1v) is 6.59. The van der Waals surface area contributed by atoms with E-state index in [1.54, 1.807) is 0 Å². The van der Waals surface area contributed by atoms with Crippen LogP contribution in [0, 0.1) is 0 Å². The van der Waals surface area contributed by atoms with Gasteiger partial charge in [0.15, 0.2) is 0 Å². The quantitative estimate of drug-likeness (QED) is 0.841. The van der Waals surface area contributed by atoms with Crippen molar-refractivity contribution in [3.8, 4) is 0 Å². The van der Waals surface area contributed by atoms with Gasteiger partial charge in [0.05, 0.1) is 0 Å². The van der Waals surface area contributed by atoms with Gasteiger partial charge in [-0.3, -0.25) is 4.79 Å². The van der Waals surface area contributed by atoms with Gasteiger partial charge in [-0.1, -0.05) is 30.3 Å². The molecule has 0 bridgehead atoms. The van der Waals surface area contributed by atoms with Gasteiger partial charge in [0.25, 0.3) is 0 Å². The molecule has 0 spiro atoms. The summed E-state index contributed by atoms with van der Waals surface area (Å²) in [6.07, 6.45) is 1.28. The molecule has 1 amide bonds. The molecule has 0 aromatic heterocycles. The van der Waals surface area contributed by atoms with Gasteiger partial charge in [-0.25, -0.2) is 0 Å². The molecule has 3 heteroatoms. The summed E-state index contributed by atoms with van der Waals surface area (Å²) in [4.78, 5) is 14.1. The molecule has 1 rings (SSSR count). The van der Waals surface area contributed by atoms with Gasteiger partial charge in [-0.05, 0) is 32.8 Å². The Morgan fingerprint density at radius 1 is 1.22 bits per heavy atom. The third-order valence-corrected chi connectivity index (χ3v) is 2.95. The molecule has 100 valence electrons. The Morgan fingerprint density at radius 2 is 1.83 bits per heavy atom. The fourth-order valence-corrected chi connectivity index (χ4v) is 1.83. The smallest absolute Gasteiger partial charge is 0.223 e. The van der Waals surface area contributed by atoms with Crippen LogP contribution in [-0.2, 0) is 11.3 Å². The van der Waals surface area contributed by atoms with Crippen molar-refractivity contribution in [2.45, 2.75) is 52.2 Å². The molecule has 0 saturated heterocycles. The molecule has 3 nitrogen and oxygen atoms in total. The van der Waals surface area contributed by atoms with Crippen molar-refractivity contribution in [2.75, 3.05) is 0 Å². The van der Waals surface area contributed by atoms with Gasteiger partial charge in [0, 0.05) is 25.0 Å². The summed E-state index contributed by atoms with van der Waals surface area (Å²) in [5.74, 6) is 0.186. The molecule has 2 N–H and O–H groups in total. The average Bonchev–Trinajstić information content (AvgIpc) is 2.34. The lowest BCUT2D eigenvalue weighted by atomic mass is 10.1. The third-order valence-electron chi connectivity index (χ3n) is 2.95. The molecule has 18 heavy (non-hydrogen) atoms. The monoisotopic (exact) mass is 248 g/mol. The lowest BCUT2D eigenvalue weighted by Crippen LogP contribution is -2.37. The highest BCUT2D eigenvalue weighted by atomic mass is 16.2. The van der Waals surface area contributed by atoms with Crippen molar-refractivity contribution in [3.05, 3.63) is 35.9 Å². The SMILES string of the molecule is CC(N)CCC(=O)N(Cc1ccccc1)C(C)C. The minimum Gasteiger partial charge on any atom is -0.336 e. The van der Waals surface area contributed by atoms with E-state index in [9.17, 15) is 4.79 Å². The molecule has 0 radical (unpaired) electrons. The molecule has 0 aliphatic heterocycles. The molecule has 1 aromatic carbocycles. The average molecular weight is 248 g/mol. The van der Waals surface area contributed by atoms with Crippen LogP contribution in [0.5, 0.6) is 0 Å². The van der Waals surface area contributed by atoms with Crippen molar-refractivity contribution >= 4 is 5.91 Å². The van der Waals surface area contributed by atoms with Gasteiger partial charge >= 0.3 is 0 Å². The minimum atomic E-state index is 0.0830. The molecule has 0 aliphatic rings. The first-order valence-electron chi connectivity index (χ1n) is 6.59. The van der Waals surface area contributed by atoms with E-state index >= 15 is 0 Å². The zero-order valence-electron chi connectivity index (χ0n) is 11.6. The van der Waals surface area contributed by atoms with E-state index in [0.29, 0.717) is 13.0 Å². The lowest BCUT2D eigenvalue weighted by Gasteiger charge is -2.27. The van der Waals surface area contributed by atoms with Crippen LogP contribution >= 0.6 is 0 Å². The summed E-state index contributed by atoms with van der Waals surface area (Å²) in [6.45, 7) is 6.71. The van der Waals surface area contributed by atoms with Gasteiger partial charge in [0.2, 0.25) is 5.91 Å². The maximum Gasteiger partial charge on any atom is 0.223 e. The second-order valence-electron chi connectivity index (χ2n) is 5.12. The maximum atomic E-state index is 12.2. The third kappa shape index (κ3) is 4.88. The largest absolute Gasteiger partial charge is 0.336 e. The van der Waals surface area contributed by atoms with E-state index < -0.39 is 0 Å². The molecule has 0 heterocycles. The van der Waals surface area contributed by atoms with E-state index in [1.807, 2.05) is 56.0 Å². The van der Waals surface area contributed by atoms with E-state index in [4.69, 9.17) is 5.73 Å². The Balaban J connectivity index is 2.62.